The van der Waals surface area contributed by atoms with Crippen molar-refractivity contribution in [1.29, 1.82) is 0 Å². The topological polar surface area (TPSA) is 240 Å². The first-order valence-corrected chi connectivity index (χ1v) is 16.8. The maximum Gasteiger partial charge on any atom is 0.313 e. The average molecular weight is 683 g/mol. The van der Waals surface area contributed by atoms with Crippen molar-refractivity contribution in [1.82, 2.24) is 0 Å². The number of azo groups is 2. The number of nitrogens with two attached hydrogens (primary N) is 4. The van der Waals surface area contributed by atoms with Crippen LogP contribution in [0.1, 0.15) is 0 Å². The van der Waals surface area contributed by atoms with E-state index >= 15 is 0 Å². The molecule has 8 N–H and O–H groups in total. The van der Waals surface area contributed by atoms with Gasteiger partial charge in [0.2, 0.25) is 0 Å². The highest BCUT2D eigenvalue weighted by atomic mass is 32.2. The highest BCUT2D eigenvalue weighted by molar-refractivity contribution is 7.87. The molecule has 242 valence electrons. The molecule has 0 fully saturated rings. The fourth-order valence-corrected chi connectivity index (χ4v) is 6.66. The van der Waals surface area contributed by atoms with Gasteiger partial charge in [0, 0.05) is 21.5 Å². The predicted octanol–water partition coefficient (Wildman–Crippen LogP) is 6.81. The summed E-state index contributed by atoms with van der Waals surface area (Å²) in [6, 6.07) is 30.1. The minimum atomic E-state index is -4.25. The van der Waals surface area contributed by atoms with Gasteiger partial charge in [-0.25, -0.2) is 0 Å². The highest BCUT2D eigenvalue weighted by Crippen LogP contribution is 2.39. The van der Waals surface area contributed by atoms with E-state index in [0.29, 0.717) is 32.9 Å². The molecule has 48 heavy (non-hydrogen) atoms. The second-order valence-corrected chi connectivity index (χ2v) is 13.4. The molecule has 6 aromatic carbocycles. The molecule has 0 aliphatic carbocycles. The van der Waals surface area contributed by atoms with Crippen molar-refractivity contribution in [3.63, 3.8) is 0 Å². The fourth-order valence-electron chi connectivity index (χ4n) is 5.05. The van der Waals surface area contributed by atoms with E-state index in [1.54, 1.807) is 72.8 Å². The van der Waals surface area contributed by atoms with Crippen molar-refractivity contribution in [2.75, 3.05) is 11.5 Å². The zero-order chi connectivity index (χ0) is 34.1. The van der Waals surface area contributed by atoms with Gasteiger partial charge in [-0.2, -0.15) is 47.4 Å². The molecular weight excluding hydrogens is 657 g/mol. The van der Waals surface area contributed by atoms with Crippen LogP contribution in [-0.2, 0) is 28.8 Å². The van der Waals surface area contributed by atoms with Crippen LogP contribution < -0.4 is 23.3 Å². The third kappa shape index (κ3) is 6.21. The summed E-state index contributed by atoms with van der Waals surface area (Å²) in [7, 11) is -8.50. The quantitative estimate of drug-likeness (QED) is 0.0705. The van der Waals surface area contributed by atoms with Crippen molar-refractivity contribution < 1.29 is 25.4 Å². The molecular formula is C32H26N8O6S2. The Hall–Kier alpha value is -5.62. The van der Waals surface area contributed by atoms with Crippen molar-refractivity contribution >= 4 is 75.9 Å². The molecule has 0 saturated carbocycles. The van der Waals surface area contributed by atoms with Crippen LogP contribution in [0.3, 0.4) is 0 Å². The lowest BCUT2D eigenvalue weighted by Gasteiger charge is -2.10. The third-order valence-electron chi connectivity index (χ3n) is 7.46. The van der Waals surface area contributed by atoms with E-state index in [4.69, 9.17) is 23.3 Å². The predicted molar refractivity (Wildman–Crippen MR) is 182 cm³/mol. The van der Waals surface area contributed by atoms with Crippen LogP contribution in [0.15, 0.2) is 139 Å². The van der Waals surface area contributed by atoms with Gasteiger partial charge < -0.3 is 11.5 Å². The lowest BCUT2D eigenvalue weighted by atomic mass is 10.1. The van der Waals surface area contributed by atoms with Crippen LogP contribution in [0.25, 0.3) is 32.7 Å². The SMILES string of the molecule is NOS(=O)(=O)c1cc(N=Nc2ccc(-c3ccc(N=Nc4cc(S(=O)(=O)ON)c5ccccc5c4N)cc3)cc2)c(N)c2ccccc12. The molecule has 16 heteroatoms. The van der Waals surface area contributed by atoms with Gasteiger partial charge >= 0.3 is 20.2 Å². The van der Waals surface area contributed by atoms with E-state index < -0.39 is 20.2 Å². The molecule has 0 heterocycles. The summed E-state index contributed by atoms with van der Waals surface area (Å²) in [4.78, 5) is -0.358. The van der Waals surface area contributed by atoms with Gasteiger partial charge in [-0.15, -0.1) is 10.2 Å². The van der Waals surface area contributed by atoms with Gasteiger partial charge in [0.05, 0.1) is 22.7 Å². The standard InChI is InChI=1S/C32H26N8O6S2/c33-31-25-7-3-1-5-23(25)29(47(41,42)45-35)17-27(31)39-37-21-13-9-19(10-14-21)20-11-15-22(16-12-20)38-40-28-18-30(48(43,44)46-36)24-6-2-4-8-26(24)32(28)34/h1-18H,33-36H2. The number of nitrogens with zero attached hydrogens (tertiary/aromatic N) is 4. The summed E-state index contributed by atoms with van der Waals surface area (Å²) in [5.74, 6) is 10.0. The summed E-state index contributed by atoms with van der Waals surface area (Å²) in [5, 5.41) is 18.5. The summed E-state index contributed by atoms with van der Waals surface area (Å²) in [6.45, 7) is 0. The molecule has 0 unspecified atom stereocenters. The van der Waals surface area contributed by atoms with Crippen molar-refractivity contribution in [3.8, 4) is 11.1 Å². The van der Waals surface area contributed by atoms with E-state index in [1.807, 2.05) is 24.3 Å². The molecule has 0 amide bonds. The maximum atomic E-state index is 12.5. The van der Waals surface area contributed by atoms with Crippen LogP contribution in [0.4, 0.5) is 34.1 Å². The monoisotopic (exact) mass is 682 g/mol. The van der Waals surface area contributed by atoms with E-state index in [2.05, 4.69) is 29.0 Å². The largest absolute Gasteiger partial charge is 0.396 e. The minimum absolute atomic E-state index is 0.133. The van der Waals surface area contributed by atoms with Gasteiger partial charge in [0.1, 0.15) is 21.2 Å². The minimum Gasteiger partial charge on any atom is -0.396 e. The molecule has 0 spiro atoms. The van der Waals surface area contributed by atoms with Gasteiger partial charge in [-0.3, -0.25) is 0 Å². The van der Waals surface area contributed by atoms with Crippen LogP contribution in [-0.4, -0.2) is 16.8 Å². The number of nitrogen functional groups attached to an aromatic ring is 2. The summed E-state index contributed by atoms with van der Waals surface area (Å²) >= 11 is 0. The van der Waals surface area contributed by atoms with Crippen LogP contribution in [0.2, 0.25) is 0 Å². The van der Waals surface area contributed by atoms with Crippen molar-refractivity contribution in [2.45, 2.75) is 9.79 Å². The Balaban J connectivity index is 1.23. The van der Waals surface area contributed by atoms with Crippen LogP contribution in [0, 0.1) is 0 Å². The van der Waals surface area contributed by atoms with Gasteiger partial charge in [-0.1, -0.05) is 72.8 Å². The maximum absolute atomic E-state index is 12.5. The Morgan fingerprint density at radius 2 is 0.792 bits per heavy atom. The summed E-state index contributed by atoms with van der Waals surface area (Å²) in [5.41, 5.74) is 16.1. The van der Waals surface area contributed by atoms with Crippen molar-refractivity contribution in [3.05, 3.63) is 109 Å². The zero-order valence-electron chi connectivity index (χ0n) is 24.8. The number of rotatable bonds is 9. The van der Waals surface area contributed by atoms with E-state index in [-0.39, 0.29) is 32.5 Å². The second-order valence-electron chi connectivity index (χ2n) is 10.3. The Morgan fingerprint density at radius 1 is 0.458 bits per heavy atom. The second kappa shape index (κ2) is 12.9. The fraction of sp³-hybridized carbons (Fsp3) is 0. The lowest BCUT2D eigenvalue weighted by Crippen LogP contribution is -2.12. The Kier molecular flexibility index (Phi) is 8.67. The summed E-state index contributed by atoms with van der Waals surface area (Å²) < 4.78 is 58.3. The molecule has 0 radical (unpaired) electrons. The normalized spacial score (nSPS) is 12.5. The smallest absolute Gasteiger partial charge is 0.313 e. The van der Waals surface area contributed by atoms with E-state index in [0.717, 1.165) is 11.1 Å². The molecule has 0 aromatic heterocycles. The third-order valence-corrected chi connectivity index (χ3v) is 9.72. The number of hydrogen-bond donors (Lipinski definition) is 4. The van der Waals surface area contributed by atoms with Gasteiger partial charge in [-0.05, 0) is 47.5 Å². The van der Waals surface area contributed by atoms with E-state index in [1.165, 1.54) is 12.1 Å². The zero-order valence-corrected chi connectivity index (χ0v) is 26.4. The van der Waals surface area contributed by atoms with Crippen LogP contribution in [0.5, 0.6) is 0 Å². The number of hydrogen-bond acceptors (Lipinski definition) is 14. The molecule has 0 bridgehead atoms. The molecule has 14 nitrogen and oxygen atoms in total. The van der Waals surface area contributed by atoms with Crippen molar-refractivity contribution in [2.24, 2.45) is 32.3 Å². The van der Waals surface area contributed by atoms with Gasteiger partial charge in [0.15, 0.2) is 0 Å². The first-order valence-electron chi connectivity index (χ1n) is 14.0. The highest BCUT2D eigenvalue weighted by Gasteiger charge is 2.22. The molecule has 0 aliphatic heterocycles. The molecule has 0 aliphatic rings. The number of benzene rings is 6. The van der Waals surface area contributed by atoms with Crippen LogP contribution >= 0.6 is 0 Å². The molecule has 0 atom stereocenters. The first-order chi connectivity index (χ1) is 23.0. The number of fused-ring (bicyclic) bond motifs is 2. The Bertz CT molecular complexity index is 2300. The van der Waals surface area contributed by atoms with E-state index in [9.17, 15) is 16.8 Å². The number of anilines is 2. The summed E-state index contributed by atoms with van der Waals surface area (Å²) in [6.07, 6.45) is 0. The van der Waals surface area contributed by atoms with Gasteiger partial charge in [0.25, 0.3) is 0 Å². The average Bonchev–Trinajstić information content (AvgIpc) is 3.11. The Labute approximate surface area is 274 Å². The first kappa shape index (κ1) is 32.3. The Morgan fingerprint density at radius 3 is 1.12 bits per heavy atom. The lowest BCUT2D eigenvalue weighted by molar-refractivity contribution is 0.332. The molecule has 6 rings (SSSR count). The molecule has 0 saturated heterocycles. The molecule has 6 aromatic rings.